The molecule has 0 aromatic heterocycles. The van der Waals surface area contributed by atoms with Crippen molar-refractivity contribution in [1.29, 1.82) is 0 Å². The molecule has 3 saturated heterocycles. The van der Waals surface area contributed by atoms with Gasteiger partial charge in [0, 0.05) is 25.0 Å². The van der Waals surface area contributed by atoms with E-state index < -0.39 is 5.41 Å². The lowest BCUT2D eigenvalue weighted by molar-refractivity contribution is -0.141. The molecule has 3 heterocycles. The van der Waals surface area contributed by atoms with Gasteiger partial charge in [-0.2, -0.15) is 0 Å². The van der Waals surface area contributed by atoms with Crippen LogP contribution in [0.4, 0.5) is 0 Å². The number of benzene rings is 1. The first-order valence-corrected chi connectivity index (χ1v) is 14.9. The lowest BCUT2D eigenvalue weighted by Crippen LogP contribution is -2.55. The van der Waals surface area contributed by atoms with Crippen molar-refractivity contribution in [3.63, 3.8) is 0 Å². The lowest BCUT2D eigenvalue weighted by Gasteiger charge is -2.44. The van der Waals surface area contributed by atoms with E-state index in [1.807, 2.05) is 55.2 Å². The number of hydrogen-bond donors (Lipinski definition) is 1. The molecule has 1 atom stereocenters. The van der Waals surface area contributed by atoms with Gasteiger partial charge in [-0.15, -0.1) is 0 Å². The summed E-state index contributed by atoms with van der Waals surface area (Å²) in [6.45, 7) is 13.4. The van der Waals surface area contributed by atoms with E-state index in [0.29, 0.717) is 37.9 Å². The molecule has 1 aromatic carbocycles. The molecule has 212 valence electrons. The van der Waals surface area contributed by atoms with E-state index in [9.17, 15) is 9.59 Å². The second kappa shape index (κ2) is 13.6. The summed E-state index contributed by atoms with van der Waals surface area (Å²) in [5, 5.41) is 3.29. The fourth-order valence-electron chi connectivity index (χ4n) is 6.73. The number of rotatable bonds is 8. The quantitative estimate of drug-likeness (QED) is 0.500. The molecular weight excluding hydrogens is 484 g/mol. The summed E-state index contributed by atoms with van der Waals surface area (Å²) < 4.78 is 0. The number of carbonyl (C=O) groups excluding carboxylic acids is 2. The molecule has 6 heteroatoms. The van der Waals surface area contributed by atoms with Crippen LogP contribution in [0.2, 0.25) is 0 Å². The van der Waals surface area contributed by atoms with Gasteiger partial charge in [-0.25, -0.2) is 0 Å². The first-order valence-electron chi connectivity index (χ1n) is 14.9. The highest BCUT2D eigenvalue weighted by atomic mass is 16.2. The van der Waals surface area contributed by atoms with E-state index in [1.54, 1.807) is 6.08 Å². The SMILES string of the molecule is C=C/C=C\C(=C/C)[C@H](C)NC(=O)C1(c2ccccc2)CCN(C(=O)C2CCN(C3CCN(C)CC3)CC2)CC1. The topological polar surface area (TPSA) is 55.9 Å². The molecule has 0 bridgehead atoms. The molecule has 1 N–H and O–H groups in total. The summed E-state index contributed by atoms with van der Waals surface area (Å²) >= 11 is 0. The zero-order chi connectivity index (χ0) is 27.8. The van der Waals surface area contributed by atoms with Crippen LogP contribution in [0.1, 0.15) is 57.9 Å². The third kappa shape index (κ3) is 6.90. The summed E-state index contributed by atoms with van der Waals surface area (Å²) in [5.41, 5.74) is 1.45. The van der Waals surface area contributed by atoms with Crippen molar-refractivity contribution < 1.29 is 9.59 Å². The maximum atomic E-state index is 13.9. The molecule has 3 aliphatic rings. The first-order chi connectivity index (χ1) is 18.9. The highest BCUT2D eigenvalue weighted by molar-refractivity contribution is 5.89. The van der Waals surface area contributed by atoms with E-state index in [0.717, 1.165) is 37.1 Å². The minimum absolute atomic E-state index is 0.0473. The van der Waals surface area contributed by atoms with Crippen LogP contribution in [0.3, 0.4) is 0 Å². The standard InChI is InChI=1S/C33H48N4O2/c1-5-7-11-27(6-2)26(3)34-32(39)33(29-12-9-8-10-13-29)18-24-37(25-19-33)31(38)28-14-22-36(23-15-28)30-16-20-35(4)21-17-30/h5-13,26,28,30H,1,14-25H2,2-4H3,(H,34,39)/b11-7-,27-6+/t26-/m0/s1. The van der Waals surface area contributed by atoms with Crippen molar-refractivity contribution in [2.45, 2.75) is 69.9 Å². The Hall–Kier alpha value is -2.70. The number of hydrogen-bond acceptors (Lipinski definition) is 4. The Bertz CT molecular complexity index is 1030. The molecule has 0 saturated carbocycles. The van der Waals surface area contributed by atoms with Crippen LogP contribution in [0, 0.1) is 5.92 Å². The number of amides is 2. The van der Waals surface area contributed by atoms with Gasteiger partial charge in [0.1, 0.15) is 0 Å². The van der Waals surface area contributed by atoms with Crippen molar-refractivity contribution in [2.24, 2.45) is 5.92 Å². The van der Waals surface area contributed by atoms with E-state index in [4.69, 9.17) is 0 Å². The van der Waals surface area contributed by atoms with Crippen LogP contribution in [0.25, 0.3) is 0 Å². The average Bonchev–Trinajstić information content (AvgIpc) is 2.98. The van der Waals surface area contributed by atoms with Gasteiger partial charge < -0.3 is 20.0 Å². The van der Waals surface area contributed by atoms with Gasteiger partial charge in [-0.05, 0) is 96.7 Å². The fourth-order valence-corrected chi connectivity index (χ4v) is 6.73. The van der Waals surface area contributed by atoms with E-state index in [2.05, 4.69) is 40.9 Å². The minimum Gasteiger partial charge on any atom is -0.349 e. The van der Waals surface area contributed by atoms with Gasteiger partial charge in [0.15, 0.2) is 0 Å². The third-order valence-electron chi connectivity index (χ3n) is 9.38. The molecule has 0 radical (unpaired) electrons. The van der Waals surface area contributed by atoms with Gasteiger partial charge in [0.2, 0.25) is 11.8 Å². The largest absolute Gasteiger partial charge is 0.349 e. The number of piperidine rings is 3. The van der Waals surface area contributed by atoms with Crippen molar-refractivity contribution in [2.75, 3.05) is 46.3 Å². The van der Waals surface area contributed by atoms with Crippen LogP contribution >= 0.6 is 0 Å². The molecule has 39 heavy (non-hydrogen) atoms. The maximum absolute atomic E-state index is 13.9. The third-order valence-corrected chi connectivity index (χ3v) is 9.38. The smallest absolute Gasteiger partial charge is 0.231 e. The van der Waals surface area contributed by atoms with Crippen LogP contribution in [-0.4, -0.2) is 84.9 Å². The van der Waals surface area contributed by atoms with Gasteiger partial charge in [0.25, 0.3) is 0 Å². The lowest BCUT2D eigenvalue weighted by atomic mass is 9.71. The van der Waals surface area contributed by atoms with Gasteiger partial charge in [0.05, 0.1) is 11.5 Å². The summed E-state index contributed by atoms with van der Waals surface area (Å²) in [4.78, 5) is 34.6. The number of nitrogens with zero attached hydrogens (tertiary/aromatic N) is 3. The highest BCUT2D eigenvalue weighted by Gasteiger charge is 2.45. The fraction of sp³-hybridized carbons (Fsp3) is 0.576. The Kier molecular flexibility index (Phi) is 10.2. The molecule has 4 rings (SSSR count). The van der Waals surface area contributed by atoms with Crippen molar-refractivity contribution in [3.8, 4) is 0 Å². The summed E-state index contributed by atoms with van der Waals surface area (Å²) in [6.07, 6.45) is 13.3. The molecule has 0 spiro atoms. The minimum atomic E-state index is -0.634. The summed E-state index contributed by atoms with van der Waals surface area (Å²) in [7, 11) is 2.21. The molecule has 3 aliphatic heterocycles. The molecule has 0 aliphatic carbocycles. The second-order valence-electron chi connectivity index (χ2n) is 11.7. The molecule has 6 nitrogen and oxygen atoms in total. The van der Waals surface area contributed by atoms with E-state index in [-0.39, 0.29) is 17.9 Å². The first kappa shape index (κ1) is 29.3. The van der Waals surface area contributed by atoms with Crippen LogP contribution in [-0.2, 0) is 15.0 Å². The predicted molar refractivity (Wildman–Crippen MR) is 159 cm³/mol. The maximum Gasteiger partial charge on any atom is 0.231 e. The van der Waals surface area contributed by atoms with Crippen molar-refractivity contribution in [3.05, 3.63) is 72.4 Å². The number of carbonyl (C=O) groups is 2. The van der Waals surface area contributed by atoms with Crippen molar-refractivity contribution >= 4 is 11.8 Å². The van der Waals surface area contributed by atoms with Crippen LogP contribution in [0.15, 0.2) is 66.8 Å². The number of likely N-dealkylation sites (tertiary alicyclic amines) is 3. The van der Waals surface area contributed by atoms with Gasteiger partial charge in [-0.1, -0.05) is 61.2 Å². The van der Waals surface area contributed by atoms with Crippen LogP contribution in [0.5, 0.6) is 0 Å². The zero-order valence-electron chi connectivity index (χ0n) is 24.3. The molecular formula is C33H48N4O2. The molecule has 2 amide bonds. The Balaban J connectivity index is 1.38. The van der Waals surface area contributed by atoms with Crippen LogP contribution < -0.4 is 5.32 Å². The molecule has 0 unspecified atom stereocenters. The van der Waals surface area contributed by atoms with E-state index >= 15 is 0 Å². The molecule has 3 fully saturated rings. The normalized spacial score (nSPS) is 23.1. The Labute approximate surface area is 235 Å². The van der Waals surface area contributed by atoms with Crippen molar-refractivity contribution in [1.82, 2.24) is 20.0 Å². The Morgan fingerprint density at radius 2 is 1.64 bits per heavy atom. The van der Waals surface area contributed by atoms with Gasteiger partial charge >= 0.3 is 0 Å². The highest BCUT2D eigenvalue weighted by Crippen LogP contribution is 2.37. The summed E-state index contributed by atoms with van der Waals surface area (Å²) in [6, 6.07) is 10.7. The Morgan fingerprint density at radius 1 is 1.00 bits per heavy atom. The molecule has 1 aromatic rings. The van der Waals surface area contributed by atoms with E-state index in [1.165, 1.54) is 25.9 Å². The predicted octanol–water partition coefficient (Wildman–Crippen LogP) is 4.55. The number of nitrogens with one attached hydrogen (secondary N) is 1. The summed E-state index contributed by atoms with van der Waals surface area (Å²) in [5.74, 6) is 0.449. The Morgan fingerprint density at radius 3 is 2.23 bits per heavy atom. The van der Waals surface area contributed by atoms with Gasteiger partial charge in [-0.3, -0.25) is 9.59 Å². The zero-order valence-corrected chi connectivity index (χ0v) is 24.3. The number of allylic oxidation sites excluding steroid dienone is 3. The monoisotopic (exact) mass is 532 g/mol. The second-order valence-corrected chi connectivity index (χ2v) is 11.7. The average molecular weight is 533 g/mol.